The van der Waals surface area contributed by atoms with E-state index in [1.54, 1.807) is 50.3 Å². The molecule has 0 aliphatic heterocycles. The lowest BCUT2D eigenvalue weighted by molar-refractivity contribution is -0.130. The van der Waals surface area contributed by atoms with Crippen LogP contribution in [0.2, 0.25) is 0 Å². The van der Waals surface area contributed by atoms with Gasteiger partial charge in [0, 0.05) is 17.2 Å². The molecule has 1 heterocycles. The molecule has 0 fully saturated rings. The number of ether oxygens (including phenoxy) is 2. The van der Waals surface area contributed by atoms with E-state index in [4.69, 9.17) is 13.9 Å². The SMILES string of the molecule is CC=C(C)C(=O)Oc1c(-c2ccccc2)oc2c(OC)c(O)cc(O)c2c1=O. The molecular formula is C21H18O7. The number of phenolic OH excluding ortho intramolecular Hbond substituents is 2. The first-order chi connectivity index (χ1) is 13.4. The Balaban J connectivity index is 2.41. The maximum absolute atomic E-state index is 13.1. The Hall–Kier alpha value is -3.74. The third-order valence-corrected chi connectivity index (χ3v) is 4.23. The van der Waals surface area contributed by atoms with Gasteiger partial charge in [-0.25, -0.2) is 4.79 Å². The highest BCUT2D eigenvalue weighted by atomic mass is 16.5. The van der Waals surface area contributed by atoms with Gasteiger partial charge in [-0.1, -0.05) is 36.4 Å². The van der Waals surface area contributed by atoms with Gasteiger partial charge in [0.25, 0.3) is 0 Å². The molecule has 7 nitrogen and oxygen atoms in total. The summed E-state index contributed by atoms with van der Waals surface area (Å²) in [6, 6.07) is 9.51. The second kappa shape index (κ2) is 7.48. The van der Waals surface area contributed by atoms with Crippen molar-refractivity contribution in [3.63, 3.8) is 0 Å². The molecule has 0 aliphatic rings. The number of hydrogen-bond donors (Lipinski definition) is 2. The first-order valence-corrected chi connectivity index (χ1v) is 8.39. The zero-order valence-corrected chi connectivity index (χ0v) is 15.5. The highest BCUT2D eigenvalue weighted by Crippen LogP contribution is 2.42. The smallest absolute Gasteiger partial charge is 0.339 e. The molecular weight excluding hydrogens is 364 g/mol. The lowest BCUT2D eigenvalue weighted by Crippen LogP contribution is -2.17. The highest BCUT2D eigenvalue weighted by molar-refractivity contribution is 5.95. The zero-order valence-electron chi connectivity index (χ0n) is 15.5. The third kappa shape index (κ3) is 3.18. The number of hydrogen-bond acceptors (Lipinski definition) is 7. The van der Waals surface area contributed by atoms with E-state index >= 15 is 0 Å². The van der Waals surface area contributed by atoms with Gasteiger partial charge < -0.3 is 24.1 Å². The van der Waals surface area contributed by atoms with Gasteiger partial charge in [-0.15, -0.1) is 0 Å². The average molecular weight is 382 g/mol. The molecule has 0 bridgehead atoms. The van der Waals surface area contributed by atoms with Gasteiger partial charge in [0.05, 0.1) is 7.11 Å². The van der Waals surface area contributed by atoms with Crippen molar-refractivity contribution >= 4 is 16.9 Å². The average Bonchev–Trinajstić information content (AvgIpc) is 2.69. The number of aromatic hydroxyl groups is 2. The summed E-state index contributed by atoms with van der Waals surface area (Å²) in [6.07, 6.45) is 1.55. The molecule has 7 heteroatoms. The summed E-state index contributed by atoms with van der Waals surface area (Å²) >= 11 is 0. The Morgan fingerprint density at radius 3 is 2.39 bits per heavy atom. The van der Waals surface area contributed by atoms with Gasteiger partial charge in [0.1, 0.15) is 11.1 Å². The molecule has 0 aliphatic carbocycles. The summed E-state index contributed by atoms with van der Waals surface area (Å²) in [5.74, 6) is -2.17. The number of fused-ring (bicyclic) bond motifs is 1. The van der Waals surface area contributed by atoms with Crippen LogP contribution in [0.25, 0.3) is 22.3 Å². The monoisotopic (exact) mass is 382 g/mol. The van der Waals surface area contributed by atoms with Crippen LogP contribution >= 0.6 is 0 Å². The minimum atomic E-state index is -0.770. The van der Waals surface area contributed by atoms with Crippen LogP contribution in [0.15, 0.2) is 57.3 Å². The fourth-order valence-corrected chi connectivity index (χ4v) is 2.66. The van der Waals surface area contributed by atoms with Gasteiger partial charge in [0.15, 0.2) is 17.1 Å². The van der Waals surface area contributed by atoms with Crippen molar-refractivity contribution in [2.24, 2.45) is 0 Å². The van der Waals surface area contributed by atoms with Crippen molar-refractivity contribution in [2.75, 3.05) is 7.11 Å². The van der Waals surface area contributed by atoms with Crippen LogP contribution in [-0.4, -0.2) is 23.3 Å². The largest absolute Gasteiger partial charge is 0.507 e. The van der Waals surface area contributed by atoms with Crippen LogP contribution in [0, 0.1) is 0 Å². The second-order valence-corrected chi connectivity index (χ2v) is 5.97. The van der Waals surface area contributed by atoms with Crippen LogP contribution in [0.4, 0.5) is 0 Å². The van der Waals surface area contributed by atoms with Gasteiger partial charge in [-0.2, -0.15) is 0 Å². The summed E-state index contributed by atoms with van der Waals surface area (Å²) in [5, 5.41) is 20.0. The van der Waals surface area contributed by atoms with Gasteiger partial charge >= 0.3 is 5.97 Å². The first-order valence-electron chi connectivity index (χ1n) is 8.39. The number of rotatable bonds is 4. The standard InChI is InChI=1S/C21H18O7/c1-4-11(2)21(25)28-20-16(24)15-13(22)10-14(23)18(26-3)19(15)27-17(20)12-8-6-5-7-9-12/h4-10,22-23H,1-3H3. The van der Waals surface area contributed by atoms with Crippen LogP contribution in [0.1, 0.15) is 13.8 Å². The van der Waals surface area contributed by atoms with E-state index < -0.39 is 22.9 Å². The quantitative estimate of drug-likeness (QED) is 0.523. The number of methoxy groups -OCH3 is 1. The van der Waals surface area contributed by atoms with Gasteiger partial charge in [-0.3, -0.25) is 4.79 Å². The predicted molar refractivity (Wildman–Crippen MR) is 103 cm³/mol. The zero-order chi connectivity index (χ0) is 20.4. The van der Waals surface area contributed by atoms with Crippen molar-refractivity contribution in [3.8, 4) is 34.3 Å². The number of allylic oxidation sites excluding steroid dienone is 1. The Labute approximate surface area is 160 Å². The highest BCUT2D eigenvalue weighted by Gasteiger charge is 2.26. The van der Waals surface area contributed by atoms with Crippen LogP contribution < -0.4 is 14.9 Å². The van der Waals surface area contributed by atoms with E-state index in [9.17, 15) is 19.8 Å². The first kappa shape index (κ1) is 19.0. The van der Waals surface area contributed by atoms with Crippen LogP contribution in [-0.2, 0) is 4.79 Å². The lowest BCUT2D eigenvalue weighted by Gasteiger charge is -2.13. The number of benzene rings is 2. The molecule has 0 saturated heterocycles. The summed E-state index contributed by atoms with van der Waals surface area (Å²) in [5.41, 5.74) is -0.169. The second-order valence-electron chi connectivity index (χ2n) is 5.97. The van der Waals surface area contributed by atoms with Crippen molar-refractivity contribution in [1.82, 2.24) is 0 Å². The Morgan fingerprint density at radius 2 is 1.79 bits per heavy atom. The molecule has 0 saturated carbocycles. The molecule has 0 atom stereocenters. The fraction of sp³-hybridized carbons (Fsp3) is 0.143. The molecule has 3 rings (SSSR count). The molecule has 28 heavy (non-hydrogen) atoms. The van der Waals surface area contributed by atoms with Crippen molar-refractivity contribution in [3.05, 3.63) is 58.3 Å². The van der Waals surface area contributed by atoms with Crippen molar-refractivity contribution in [1.29, 1.82) is 0 Å². The number of carbonyl (C=O) groups excluding carboxylic acids is 1. The molecule has 2 N–H and O–H groups in total. The van der Waals surface area contributed by atoms with E-state index in [1.165, 1.54) is 7.11 Å². The van der Waals surface area contributed by atoms with Crippen molar-refractivity contribution in [2.45, 2.75) is 13.8 Å². The lowest BCUT2D eigenvalue weighted by atomic mass is 10.1. The molecule has 0 unspecified atom stereocenters. The van der Waals surface area contributed by atoms with E-state index in [0.717, 1.165) is 6.07 Å². The van der Waals surface area contributed by atoms with Gasteiger partial charge in [0.2, 0.25) is 16.9 Å². The minimum absolute atomic E-state index is 0.0290. The minimum Gasteiger partial charge on any atom is -0.507 e. The van der Waals surface area contributed by atoms with E-state index in [1.807, 2.05) is 0 Å². The van der Waals surface area contributed by atoms with Crippen LogP contribution in [0.3, 0.4) is 0 Å². The third-order valence-electron chi connectivity index (χ3n) is 4.23. The van der Waals surface area contributed by atoms with E-state index in [0.29, 0.717) is 11.1 Å². The van der Waals surface area contributed by atoms with Crippen LogP contribution in [0.5, 0.6) is 23.0 Å². The molecule has 2 aromatic carbocycles. The maximum atomic E-state index is 13.1. The Kier molecular flexibility index (Phi) is 5.08. The molecule has 3 aromatic rings. The summed E-state index contributed by atoms with van der Waals surface area (Å²) in [6.45, 7) is 3.21. The topological polar surface area (TPSA) is 106 Å². The van der Waals surface area contributed by atoms with E-state index in [2.05, 4.69) is 0 Å². The van der Waals surface area contributed by atoms with E-state index in [-0.39, 0.29) is 28.2 Å². The number of phenols is 2. The molecule has 144 valence electrons. The molecule has 0 radical (unpaired) electrons. The van der Waals surface area contributed by atoms with Gasteiger partial charge in [-0.05, 0) is 13.8 Å². The molecule has 0 spiro atoms. The summed E-state index contributed by atoms with van der Waals surface area (Å²) in [4.78, 5) is 25.4. The Morgan fingerprint density at radius 1 is 1.11 bits per heavy atom. The summed E-state index contributed by atoms with van der Waals surface area (Å²) in [7, 11) is 1.29. The predicted octanol–water partition coefficient (Wildman–Crippen LogP) is 3.75. The maximum Gasteiger partial charge on any atom is 0.339 e. The fourth-order valence-electron chi connectivity index (χ4n) is 2.66. The molecule has 1 aromatic heterocycles. The molecule has 0 amide bonds. The van der Waals surface area contributed by atoms with Crippen molar-refractivity contribution < 1.29 is 28.9 Å². The number of carbonyl (C=O) groups is 1. The summed E-state index contributed by atoms with van der Waals surface area (Å²) < 4.78 is 16.3. The number of esters is 1. The normalized spacial score (nSPS) is 11.5. The Bertz CT molecular complexity index is 1140.